The van der Waals surface area contributed by atoms with E-state index in [2.05, 4.69) is 57.8 Å². The van der Waals surface area contributed by atoms with Crippen molar-refractivity contribution in [1.29, 1.82) is 0 Å². The summed E-state index contributed by atoms with van der Waals surface area (Å²) in [6.07, 6.45) is 3.70. The molecule has 0 amide bonds. The Bertz CT molecular complexity index is 1020. The predicted molar refractivity (Wildman–Crippen MR) is 112 cm³/mol. The minimum atomic E-state index is 0.185. The summed E-state index contributed by atoms with van der Waals surface area (Å²) in [5, 5.41) is 15.7. The first-order chi connectivity index (χ1) is 14.3. The summed E-state index contributed by atoms with van der Waals surface area (Å²) in [4.78, 5) is 2.39. The van der Waals surface area contributed by atoms with Gasteiger partial charge in [0.1, 0.15) is 5.76 Å². The first kappa shape index (κ1) is 19.3. The Kier molecular flexibility index (Phi) is 5.97. The summed E-state index contributed by atoms with van der Waals surface area (Å²) in [5.74, 6) is 0.980. The van der Waals surface area contributed by atoms with Crippen LogP contribution in [0.25, 0.3) is 16.8 Å². The highest BCUT2D eigenvalue weighted by Gasteiger charge is 2.20. The van der Waals surface area contributed by atoms with E-state index in [1.54, 1.807) is 10.8 Å². The molecule has 0 unspecified atom stereocenters. The van der Waals surface area contributed by atoms with Crippen LogP contribution in [0.5, 0.6) is 0 Å². The van der Waals surface area contributed by atoms with Gasteiger partial charge in [-0.2, -0.15) is 4.52 Å². The molecule has 7 heteroatoms. The van der Waals surface area contributed by atoms with Gasteiger partial charge >= 0.3 is 0 Å². The lowest BCUT2D eigenvalue weighted by Crippen LogP contribution is -2.35. The van der Waals surface area contributed by atoms with Gasteiger partial charge in [0.2, 0.25) is 0 Å². The van der Waals surface area contributed by atoms with Crippen LogP contribution in [-0.4, -0.2) is 44.6 Å². The lowest BCUT2D eigenvalue weighted by molar-refractivity contribution is 0.188. The van der Waals surface area contributed by atoms with Gasteiger partial charge in [0.05, 0.1) is 12.3 Å². The van der Waals surface area contributed by atoms with Crippen molar-refractivity contribution < 1.29 is 4.42 Å². The molecule has 4 rings (SSSR count). The molecule has 0 bridgehead atoms. The molecule has 4 aromatic rings. The summed E-state index contributed by atoms with van der Waals surface area (Å²) >= 11 is 0. The van der Waals surface area contributed by atoms with Crippen molar-refractivity contribution in [3.63, 3.8) is 0 Å². The van der Waals surface area contributed by atoms with Gasteiger partial charge in [-0.05, 0) is 47.3 Å². The van der Waals surface area contributed by atoms with Gasteiger partial charge < -0.3 is 9.73 Å². The van der Waals surface area contributed by atoms with E-state index in [4.69, 9.17) is 4.42 Å². The number of fused-ring (bicyclic) bond motifs is 1. The molecule has 0 fully saturated rings. The maximum Gasteiger partial charge on any atom is 0.183 e. The largest absolute Gasteiger partial charge is 0.468 e. The standard InChI is InChI=1S/C22H26N6O/c1-3-27(4-2)20(21-11-8-12-29-21)15-23-14-18-13-19(17-9-6-5-7-10-17)16-28-22(18)24-25-26-28/h5-13,16,20,23H,3-4,14-15H2,1-2H3/t20-/m1/s1. The van der Waals surface area contributed by atoms with Crippen LogP contribution in [-0.2, 0) is 6.54 Å². The molecular weight excluding hydrogens is 364 g/mol. The molecule has 29 heavy (non-hydrogen) atoms. The molecule has 0 saturated heterocycles. The normalized spacial score (nSPS) is 12.7. The quantitative estimate of drug-likeness (QED) is 0.471. The van der Waals surface area contributed by atoms with Crippen LogP contribution < -0.4 is 5.32 Å². The zero-order chi connectivity index (χ0) is 20.1. The Balaban J connectivity index is 1.55. The molecule has 0 aliphatic rings. The van der Waals surface area contributed by atoms with Gasteiger partial charge in [0.25, 0.3) is 0 Å². The average molecular weight is 390 g/mol. The maximum atomic E-state index is 5.70. The average Bonchev–Trinajstić information content (AvgIpc) is 3.46. The summed E-state index contributed by atoms with van der Waals surface area (Å²) in [6, 6.07) is 16.6. The van der Waals surface area contributed by atoms with E-state index in [1.807, 2.05) is 36.5 Å². The maximum absolute atomic E-state index is 5.70. The fourth-order valence-electron chi connectivity index (χ4n) is 3.73. The van der Waals surface area contributed by atoms with Crippen molar-refractivity contribution in [2.45, 2.75) is 26.4 Å². The zero-order valence-corrected chi connectivity index (χ0v) is 16.8. The Hall–Kier alpha value is -3.03. The highest BCUT2D eigenvalue weighted by atomic mass is 16.3. The van der Waals surface area contributed by atoms with E-state index < -0.39 is 0 Å². The molecule has 1 atom stereocenters. The fourth-order valence-corrected chi connectivity index (χ4v) is 3.73. The highest BCUT2D eigenvalue weighted by Crippen LogP contribution is 2.23. The highest BCUT2D eigenvalue weighted by molar-refractivity contribution is 5.66. The van der Waals surface area contributed by atoms with Crippen molar-refractivity contribution in [2.75, 3.05) is 19.6 Å². The predicted octanol–water partition coefficient (Wildman–Crippen LogP) is 3.56. The van der Waals surface area contributed by atoms with Crippen LogP contribution in [0.4, 0.5) is 0 Å². The first-order valence-corrected chi connectivity index (χ1v) is 10.0. The summed E-state index contributed by atoms with van der Waals surface area (Å²) in [5.41, 5.74) is 4.07. The van der Waals surface area contributed by atoms with Crippen LogP contribution in [0.3, 0.4) is 0 Å². The van der Waals surface area contributed by atoms with E-state index in [0.717, 1.165) is 47.7 Å². The molecule has 3 aromatic heterocycles. The zero-order valence-electron chi connectivity index (χ0n) is 16.8. The summed E-state index contributed by atoms with van der Waals surface area (Å²) in [7, 11) is 0. The van der Waals surface area contributed by atoms with E-state index in [0.29, 0.717) is 6.54 Å². The number of nitrogens with zero attached hydrogens (tertiary/aromatic N) is 5. The molecule has 0 saturated carbocycles. The van der Waals surface area contributed by atoms with E-state index in [1.165, 1.54) is 0 Å². The van der Waals surface area contributed by atoms with E-state index >= 15 is 0 Å². The Labute approximate surface area is 170 Å². The topological polar surface area (TPSA) is 71.5 Å². The lowest BCUT2D eigenvalue weighted by Gasteiger charge is -2.28. The molecule has 0 aliphatic heterocycles. The lowest BCUT2D eigenvalue weighted by atomic mass is 10.1. The van der Waals surface area contributed by atoms with Gasteiger partial charge in [-0.15, -0.1) is 5.10 Å². The Morgan fingerprint density at radius 2 is 1.90 bits per heavy atom. The fraction of sp³-hybridized carbons (Fsp3) is 0.318. The third-order valence-electron chi connectivity index (χ3n) is 5.26. The number of tetrazole rings is 1. The van der Waals surface area contributed by atoms with Crippen LogP contribution in [0.15, 0.2) is 65.4 Å². The molecule has 0 aliphatic carbocycles. The first-order valence-electron chi connectivity index (χ1n) is 10.0. The number of likely N-dealkylation sites (N-methyl/N-ethyl adjacent to an activating group) is 1. The van der Waals surface area contributed by atoms with Crippen LogP contribution in [0.2, 0.25) is 0 Å². The molecule has 3 heterocycles. The molecule has 0 radical (unpaired) electrons. The molecule has 150 valence electrons. The van der Waals surface area contributed by atoms with Gasteiger partial charge in [-0.25, -0.2) is 0 Å². The SMILES string of the molecule is CCN(CC)[C@H](CNCc1cc(-c2ccccc2)cn2nnnc12)c1ccco1. The van der Waals surface area contributed by atoms with Crippen LogP contribution in [0, 0.1) is 0 Å². The number of aromatic nitrogens is 4. The second-order valence-electron chi connectivity index (χ2n) is 6.95. The minimum Gasteiger partial charge on any atom is -0.468 e. The van der Waals surface area contributed by atoms with Crippen molar-refractivity contribution in [1.82, 2.24) is 30.3 Å². The van der Waals surface area contributed by atoms with Gasteiger partial charge in [0, 0.05) is 30.4 Å². The van der Waals surface area contributed by atoms with Crippen LogP contribution in [0.1, 0.15) is 31.2 Å². The number of nitrogens with one attached hydrogen (secondary N) is 1. The third kappa shape index (κ3) is 4.21. The number of hydrogen-bond acceptors (Lipinski definition) is 6. The van der Waals surface area contributed by atoms with E-state index in [9.17, 15) is 0 Å². The monoisotopic (exact) mass is 390 g/mol. The van der Waals surface area contributed by atoms with Crippen molar-refractivity contribution in [3.8, 4) is 11.1 Å². The third-order valence-corrected chi connectivity index (χ3v) is 5.26. The van der Waals surface area contributed by atoms with Crippen molar-refractivity contribution >= 4 is 5.65 Å². The number of furan rings is 1. The second-order valence-corrected chi connectivity index (χ2v) is 6.95. The van der Waals surface area contributed by atoms with Crippen molar-refractivity contribution in [2.24, 2.45) is 0 Å². The number of benzene rings is 1. The second kappa shape index (κ2) is 8.98. The number of pyridine rings is 1. The summed E-state index contributed by atoms with van der Waals surface area (Å²) in [6.45, 7) is 7.72. The molecule has 1 aromatic carbocycles. The molecule has 0 spiro atoms. The van der Waals surface area contributed by atoms with Gasteiger partial charge in [-0.3, -0.25) is 4.90 Å². The Morgan fingerprint density at radius 1 is 1.07 bits per heavy atom. The molecule has 7 nitrogen and oxygen atoms in total. The van der Waals surface area contributed by atoms with Gasteiger partial charge in [-0.1, -0.05) is 44.2 Å². The minimum absolute atomic E-state index is 0.185. The van der Waals surface area contributed by atoms with Gasteiger partial charge in [0.15, 0.2) is 5.65 Å². The van der Waals surface area contributed by atoms with Crippen LogP contribution >= 0.6 is 0 Å². The molecular formula is C22H26N6O. The van der Waals surface area contributed by atoms with E-state index in [-0.39, 0.29) is 6.04 Å². The summed E-state index contributed by atoms with van der Waals surface area (Å²) < 4.78 is 7.44. The van der Waals surface area contributed by atoms with Crippen molar-refractivity contribution in [3.05, 3.63) is 72.3 Å². The smallest absolute Gasteiger partial charge is 0.183 e. The Morgan fingerprint density at radius 3 is 2.62 bits per heavy atom. The number of hydrogen-bond donors (Lipinski definition) is 1. The molecule has 1 N–H and O–H groups in total. The number of rotatable bonds is 9.